The van der Waals surface area contributed by atoms with Gasteiger partial charge in [0.25, 0.3) is 0 Å². The van der Waals surface area contributed by atoms with Gasteiger partial charge in [-0.15, -0.1) is 0 Å². The number of fused-ring (bicyclic) bond motifs is 8. The van der Waals surface area contributed by atoms with E-state index in [0.29, 0.717) is 0 Å². The number of rotatable bonds is 7. The van der Waals surface area contributed by atoms with E-state index in [4.69, 9.17) is 0 Å². The second-order valence-electron chi connectivity index (χ2n) is 16.5. The highest BCUT2D eigenvalue weighted by Gasteiger charge is 2.42. The molecule has 1 aliphatic carbocycles. The summed E-state index contributed by atoms with van der Waals surface area (Å²) < 4.78 is 0. The lowest BCUT2D eigenvalue weighted by molar-refractivity contribution is 0.727. The van der Waals surface area contributed by atoms with E-state index in [0.717, 1.165) is 17.1 Å². The van der Waals surface area contributed by atoms with Crippen LogP contribution >= 0.6 is 0 Å². The fraction of sp³-hybridized carbons (Fsp3) is 0.0333. The van der Waals surface area contributed by atoms with Crippen molar-refractivity contribution in [1.29, 1.82) is 0 Å². The SMILES string of the molecule is C1=CC2C(c3ccccc31)c1c(ccc3ccccc13)N2c1ccc(-c2ccc(N(c3ccc(-c4ccccc4)cc3)c3ccc(-c4ccc5ccccc5c4)cc3)cc2)cc1. The molecule has 0 amide bonds. The minimum atomic E-state index is 0.199. The van der Waals surface area contributed by atoms with Gasteiger partial charge < -0.3 is 9.80 Å². The van der Waals surface area contributed by atoms with Crippen molar-refractivity contribution in [1.82, 2.24) is 0 Å². The van der Waals surface area contributed by atoms with Gasteiger partial charge in [-0.05, 0) is 132 Å². The van der Waals surface area contributed by atoms with Crippen LogP contribution < -0.4 is 9.80 Å². The van der Waals surface area contributed by atoms with Gasteiger partial charge in [0, 0.05) is 34.4 Å². The minimum Gasteiger partial charge on any atom is -0.333 e. The zero-order valence-corrected chi connectivity index (χ0v) is 34.1. The smallest absolute Gasteiger partial charge is 0.0636 e. The highest BCUT2D eigenvalue weighted by molar-refractivity contribution is 5.96. The Hall–Kier alpha value is -7.94. The maximum absolute atomic E-state index is 2.55. The van der Waals surface area contributed by atoms with Crippen LogP contribution in [0.5, 0.6) is 0 Å². The molecule has 0 fully saturated rings. The van der Waals surface area contributed by atoms with Gasteiger partial charge in [-0.3, -0.25) is 0 Å². The molecule has 1 heterocycles. The van der Waals surface area contributed by atoms with Crippen LogP contribution in [0.25, 0.3) is 61.0 Å². The molecule has 2 nitrogen and oxygen atoms in total. The Kier molecular flexibility index (Phi) is 8.67. The average molecular weight is 791 g/mol. The number of nitrogens with zero attached hydrogens (tertiary/aromatic N) is 2. The molecule has 292 valence electrons. The summed E-state index contributed by atoms with van der Waals surface area (Å²) in [5.41, 5.74) is 17.2. The fourth-order valence-corrected chi connectivity index (χ4v) is 9.97. The van der Waals surface area contributed by atoms with Gasteiger partial charge in [-0.1, -0.05) is 182 Å². The van der Waals surface area contributed by atoms with E-state index in [1.807, 2.05) is 0 Å². The quantitative estimate of drug-likeness (QED) is 0.159. The summed E-state index contributed by atoms with van der Waals surface area (Å²) in [4.78, 5) is 4.91. The summed E-state index contributed by atoms with van der Waals surface area (Å²) in [6.45, 7) is 0. The van der Waals surface area contributed by atoms with Crippen LogP contribution in [0.3, 0.4) is 0 Å². The van der Waals surface area contributed by atoms with Crippen molar-refractivity contribution in [2.75, 3.05) is 9.80 Å². The third kappa shape index (κ3) is 6.19. The molecule has 10 aromatic rings. The van der Waals surface area contributed by atoms with E-state index >= 15 is 0 Å². The van der Waals surface area contributed by atoms with Crippen LogP contribution in [0.4, 0.5) is 28.4 Å². The molecule has 0 N–H and O–H groups in total. The second-order valence-corrected chi connectivity index (χ2v) is 16.5. The van der Waals surface area contributed by atoms with E-state index in [2.05, 4.69) is 252 Å². The second kappa shape index (κ2) is 15.0. The molecule has 2 unspecified atom stereocenters. The average Bonchev–Trinajstić information content (AvgIpc) is 3.70. The first kappa shape index (κ1) is 36.0. The summed E-state index contributed by atoms with van der Waals surface area (Å²) >= 11 is 0. The summed E-state index contributed by atoms with van der Waals surface area (Å²) in [6.07, 6.45) is 4.72. The molecule has 0 bridgehead atoms. The maximum atomic E-state index is 2.55. The minimum absolute atomic E-state index is 0.199. The Bertz CT molecular complexity index is 3270. The Morgan fingerprint density at radius 2 is 0.871 bits per heavy atom. The van der Waals surface area contributed by atoms with Crippen LogP contribution in [0.2, 0.25) is 0 Å². The zero-order valence-electron chi connectivity index (χ0n) is 34.1. The van der Waals surface area contributed by atoms with Crippen LogP contribution in [0, 0.1) is 0 Å². The van der Waals surface area contributed by atoms with Gasteiger partial charge in [0.1, 0.15) is 0 Å². The third-order valence-electron chi connectivity index (χ3n) is 13.0. The first-order valence-corrected chi connectivity index (χ1v) is 21.6. The summed E-state index contributed by atoms with van der Waals surface area (Å²) in [7, 11) is 0. The van der Waals surface area contributed by atoms with Crippen molar-refractivity contribution in [3.63, 3.8) is 0 Å². The van der Waals surface area contributed by atoms with E-state index in [9.17, 15) is 0 Å². The Morgan fingerprint density at radius 1 is 0.371 bits per heavy atom. The van der Waals surface area contributed by atoms with Crippen molar-refractivity contribution in [2.24, 2.45) is 0 Å². The molecule has 0 saturated heterocycles. The van der Waals surface area contributed by atoms with Crippen molar-refractivity contribution in [3.8, 4) is 33.4 Å². The molecule has 12 rings (SSSR count). The normalized spacial score (nSPS) is 15.0. The largest absolute Gasteiger partial charge is 0.333 e. The highest BCUT2D eigenvalue weighted by atomic mass is 15.2. The molecule has 0 radical (unpaired) electrons. The summed E-state index contributed by atoms with van der Waals surface area (Å²) in [5, 5.41) is 5.13. The zero-order chi connectivity index (χ0) is 41.0. The van der Waals surface area contributed by atoms with Gasteiger partial charge in [-0.2, -0.15) is 0 Å². The van der Waals surface area contributed by atoms with Gasteiger partial charge in [0.05, 0.1) is 6.04 Å². The number of anilines is 5. The van der Waals surface area contributed by atoms with Gasteiger partial charge >= 0.3 is 0 Å². The summed E-state index contributed by atoms with van der Waals surface area (Å²) in [6, 6.07) is 84.5. The molecule has 1 aliphatic heterocycles. The van der Waals surface area contributed by atoms with Crippen molar-refractivity contribution < 1.29 is 0 Å². The fourth-order valence-electron chi connectivity index (χ4n) is 9.97. The lowest BCUT2D eigenvalue weighted by atomic mass is 9.80. The molecular weight excluding hydrogens is 749 g/mol. The topological polar surface area (TPSA) is 6.48 Å². The van der Waals surface area contributed by atoms with E-state index in [1.54, 1.807) is 0 Å². The lowest BCUT2D eigenvalue weighted by Gasteiger charge is -2.31. The van der Waals surface area contributed by atoms with Crippen LogP contribution in [-0.2, 0) is 0 Å². The molecule has 0 aromatic heterocycles. The molecule has 0 saturated carbocycles. The molecule has 2 heteroatoms. The molecule has 2 atom stereocenters. The molecular formula is C60H42N2. The molecule has 2 aliphatic rings. The standard InChI is InChI=1S/C60H42N2/c1-2-10-41(11-3-1)43-20-30-51(31-21-43)61(53-34-26-46(27-35-53)50-19-18-42-12-4-5-15-49(42)40-50)52-32-22-44(23-33-52)45-24-36-54(37-25-45)62-57-38-28-47-13-6-8-16-55(47)59(57)60-56-17-9-7-14-48(56)29-39-58(60)62/h1-40,57,59H. The highest BCUT2D eigenvalue weighted by Crippen LogP contribution is 2.53. The number of hydrogen-bond donors (Lipinski definition) is 0. The van der Waals surface area contributed by atoms with E-state index < -0.39 is 0 Å². The van der Waals surface area contributed by atoms with Crippen LogP contribution in [0.1, 0.15) is 22.6 Å². The Morgan fingerprint density at radius 3 is 1.55 bits per heavy atom. The van der Waals surface area contributed by atoms with Gasteiger partial charge in [-0.25, -0.2) is 0 Å². The van der Waals surface area contributed by atoms with Crippen molar-refractivity contribution in [2.45, 2.75) is 12.0 Å². The molecule has 0 spiro atoms. The van der Waals surface area contributed by atoms with Crippen molar-refractivity contribution >= 4 is 56.1 Å². The first-order chi connectivity index (χ1) is 30.7. The Balaban J connectivity index is 0.874. The first-order valence-electron chi connectivity index (χ1n) is 21.6. The predicted molar refractivity (Wildman–Crippen MR) is 262 cm³/mol. The molecule has 10 aromatic carbocycles. The number of benzene rings is 10. The van der Waals surface area contributed by atoms with Gasteiger partial charge in [0.15, 0.2) is 0 Å². The van der Waals surface area contributed by atoms with Crippen LogP contribution in [-0.4, -0.2) is 6.04 Å². The Labute approximate surface area is 362 Å². The van der Waals surface area contributed by atoms with Crippen LogP contribution in [0.15, 0.2) is 237 Å². The van der Waals surface area contributed by atoms with Crippen molar-refractivity contribution in [3.05, 3.63) is 253 Å². The lowest BCUT2D eigenvalue weighted by Crippen LogP contribution is -2.30. The predicted octanol–water partition coefficient (Wildman–Crippen LogP) is 16.1. The van der Waals surface area contributed by atoms with E-state index in [-0.39, 0.29) is 12.0 Å². The summed E-state index contributed by atoms with van der Waals surface area (Å²) in [5.74, 6) is 0.261. The maximum Gasteiger partial charge on any atom is 0.0636 e. The van der Waals surface area contributed by atoms with Gasteiger partial charge in [0.2, 0.25) is 0 Å². The third-order valence-corrected chi connectivity index (χ3v) is 13.0. The number of hydrogen-bond acceptors (Lipinski definition) is 2. The monoisotopic (exact) mass is 790 g/mol. The molecule has 62 heavy (non-hydrogen) atoms. The van der Waals surface area contributed by atoms with E-state index in [1.165, 1.54) is 83.0 Å².